The van der Waals surface area contributed by atoms with Crippen molar-refractivity contribution in [3.63, 3.8) is 0 Å². The predicted octanol–water partition coefficient (Wildman–Crippen LogP) is 4.77. The zero-order chi connectivity index (χ0) is 26.2. The van der Waals surface area contributed by atoms with Crippen LogP contribution in [-0.4, -0.2) is 25.1 Å². The summed E-state index contributed by atoms with van der Waals surface area (Å²) >= 11 is 0. The molecule has 8 nitrogen and oxygen atoms in total. The smallest absolute Gasteiger partial charge is 0.263 e. The Morgan fingerprint density at radius 3 is 2.45 bits per heavy atom. The molecule has 1 atom stereocenters. The molecule has 3 aromatic heterocycles. The number of rotatable bonds is 5. The highest BCUT2D eigenvalue weighted by Crippen LogP contribution is 2.29. The highest BCUT2D eigenvalue weighted by molar-refractivity contribution is 6.04. The molecule has 3 heterocycles. The highest BCUT2D eigenvalue weighted by atomic mass is 16.2. The van der Waals surface area contributed by atoms with Crippen LogP contribution in [0.3, 0.4) is 0 Å². The Bertz CT molecular complexity index is 1860. The van der Waals surface area contributed by atoms with E-state index in [4.69, 9.17) is 5.73 Å². The number of hydrogen-bond acceptors (Lipinski definition) is 5. The second-order valence-electron chi connectivity index (χ2n) is 9.02. The molecule has 0 bridgehead atoms. The molecule has 0 fully saturated rings. The van der Waals surface area contributed by atoms with E-state index in [1.165, 1.54) is 4.52 Å². The van der Waals surface area contributed by atoms with Crippen LogP contribution in [0.15, 0.2) is 108 Å². The van der Waals surface area contributed by atoms with Crippen molar-refractivity contribution in [2.24, 2.45) is 0 Å². The number of nitrogens with one attached hydrogen (secondary N) is 1. The van der Waals surface area contributed by atoms with Crippen molar-refractivity contribution >= 4 is 28.1 Å². The third-order valence-corrected chi connectivity index (χ3v) is 6.62. The molecular formula is C30H24N6O2. The summed E-state index contributed by atoms with van der Waals surface area (Å²) < 4.78 is 3.13. The number of carbonyl (C=O) groups excluding carboxylic acids is 1. The average Bonchev–Trinajstić information content (AvgIpc) is 3.29. The minimum Gasteiger partial charge on any atom is -0.381 e. The first-order chi connectivity index (χ1) is 18.5. The molecule has 0 unspecified atom stereocenters. The summed E-state index contributed by atoms with van der Waals surface area (Å²) in [7, 11) is 0. The fourth-order valence-electron chi connectivity index (χ4n) is 4.87. The molecule has 8 heteroatoms. The van der Waals surface area contributed by atoms with E-state index in [1.54, 1.807) is 23.0 Å². The van der Waals surface area contributed by atoms with Gasteiger partial charge in [0.05, 0.1) is 11.4 Å². The number of carbonyl (C=O) groups is 1. The Hall–Kier alpha value is -5.24. The van der Waals surface area contributed by atoms with Crippen LogP contribution in [0.4, 0.5) is 5.82 Å². The Morgan fingerprint density at radius 1 is 0.947 bits per heavy atom. The van der Waals surface area contributed by atoms with Gasteiger partial charge in [0.25, 0.3) is 11.5 Å². The van der Waals surface area contributed by atoms with Gasteiger partial charge >= 0.3 is 0 Å². The molecule has 186 valence electrons. The molecule has 0 aliphatic carbocycles. The number of aromatic nitrogens is 4. The Balaban J connectivity index is 1.51. The lowest BCUT2D eigenvalue weighted by Gasteiger charge is -2.21. The first kappa shape index (κ1) is 23.2. The number of amides is 1. The van der Waals surface area contributed by atoms with Crippen molar-refractivity contribution < 1.29 is 4.79 Å². The van der Waals surface area contributed by atoms with Gasteiger partial charge in [0, 0.05) is 23.8 Å². The molecule has 3 aromatic carbocycles. The number of para-hydroxylation sites is 1. The maximum absolute atomic E-state index is 14.2. The number of anilines is 1. The monoisotopic (exact) mass is 500 g/mol. The maximum Gasteiger partial charge on any atom is 0.263 e. The number of nitrogens with zero attached hydrogens (tertiary/aromatic N) is 4. The lowest BCUT2D eigenvalue weighted by atomic mass is 9.98. The van der Waals surface area contributed by atoms with Crippen LogP contribution in [-0.2, 0) is 0 Å². The van der Waals surface area contributed by atoms with E-state index in [1.807, 2.05) is 91.9 Å². The van der Waals surface area contributed by atoms with Crippen LogP contribution in [0.25, 0.3) is 33.2 Å². The normalized spacial score (nSPS) is 12.0. The second-order valence-corrected chi connectivity index (χ2v) is 9.02. The number of pyridine rings is 1. The molecular weight excluding hydrogens is 476 g/mol. The van der Waals surface area contributed by atoms with Gasteiger partial charge in [-0.05, 0) is 47.7 Å². The lowest BCUT2D eigenvalue weighted by Crippen LogP contribution is -2.32. The summed E-state index contributed by atoms with van der Waals surface area (Å²) in [5, 5.41) is 8.60. The average molecular weight is 501 g/mol. The van der Waals surface area contributed by atoms with Crippen LogP contribution in [0.5, 0.6) is 0 Å². The summed E-state index contributed by atoms with van der Waals surface area (Å²) in [5.41, 5.74) is 9.61. The summed E-state index contributed by atoms with van der Waals surface area (Å²) in [5.74, 6) is -0.339. The van der Waals surface area contributed by atoms with Gasteiger partial charge in [-0.3, -0.25) is 14.2 Å². The lowest BCUT2D eigenvalue weighted by molar-refractivity contribution is 0.0941. The van der Waals surface area contributed by atoms with Gasteiger partial charge in [-0.1, -0.05) is 66.7 Å². The van der Waals surface area contributed by atoms with Crippen molar-refractivity contribution in [3.8, 4) is 16.8 Å². The van der Waals surface area contributed by atoms with E-state index in [0.717, 1.165) is 16.5 Å². The largest absolute Gasteiger partial charge is 0.381 e. The Morgan fingerprint density at radius 2 is 1.68 bits per heavy atom. The molecule has 0 radical (unpaired) electrons. The second kappa shape index (κ2) is 9.33. The van der Waals surface area contributed by atoms with E-state index in [9.17, 15) is 9.59 Å². The number of benzene rings is 3. The number of nitrogens with two attached hydrogens (primary N) is 1. The number of fused-ring (bicyclic) bond motifs is 2. The standard InChI is InChI=1S/C30H24N6O2/c1-19(33-29(37)26-27(31)34-35-17-9-16-32-28(26)35)24-18-21-12-8-15-23(20-10-4-2-5-11-20)25(21)30(38)36(24)22-13-6-3-7-14-22/h2-19H,1H3,(H2,31,34)(H,33,37)/t19-/m0/s1. The van der Waals surface area contributed by atoms with Gasteiger partial charge in [0.1, 0.15) is 5.56 Å². The molecule has 0 spiro atoms. The summed E-state index contributed by atoms with van der Waals surface area (Å²) in [6, 6.07) is 28.2. The zero-order valence-electron chi connectivity index (χ0n) is 20.6. The quantitative estimate of drug-likeness (QED) is 0.354. The molecule has 1 amide bonds. The molecule has 0 aliphatic heterocycles. The topological polar surface area (TPSA) is 107 Å². The number of hydrogen-bond donors (Lipinski definition) is 2. The fourth-order valence-corrected chi connectivity index (χ4v) is 4.87. The molecule has 3 N–H and O–H groups in total. The summed E-state index contributed by atoms with van der Waals surface area (Å²) in [6.45, 7) is 1.84. The van der Waals surface area contributed by atoms with Gasteiger partial charge < -0.3 is 11.1 Å². The first-order valence-electron chi connectivity index (χ1n) is 12.2. The predicted molar refractivity (Wildman–Crippen MR) is 148 cm³/mol. The first-order valence-corrected chi connectivity index (χ1v) is 12.2. The summed E-state index contributed by atoms with van der Waals surface area (Å²) in [6.07, 6.45) is 3.26. The fraction of sp³-hybridized carbons (Fsp3) is 0.0667. The van der Waals surface area contributed by atoms with Crippen LogP contribution < -0.4 is 16.6 Å². The summed E-state index contributed by atoms with van der Waals surface area (Å²) in [4.78, 5) is 31.9. The van der Waals surface area contributed by atoms with Gasteiger partial charge in [-0.15, -0.1) is 5.10 Å². The van der Waals surface area contributed by atoms with E-state index >= 15 is 0 Å². The van der Waals surface area contributed by atoms with Crippen molar-refractivity contribution in [2.75, 3.05) is 5.73 Å². The third kappa shape index (κ3) is 3.88. The van der Waals surface area contributed by atoms with Gasteiger partial charge in [-0.2, -0.15) is 0 Å². The highest BCUT2D eigenvalue weighted by Gasteiger charge is 2.24. The van der Waals surface area contributed by atoms with E-state index in [2.05, 4.69) is 15.4 Å². The van der Waals surface area contributed by atoms with Crippen LogP contribution in [0.1, 0.15) is 29.0 Å². The number of nitrogen functional groups attached to an aromatic ring is 1. The molecule has 6 rings (SSSR count). The zero-order valence-corrected chi connectivity index (χ0v) is 20.6. The molecule has 0 saturated heterocycles. The van der Waals surface area contributed by atoms with E-state index in [-0.39, 0.29) is 16.9 Å². The van der Waals surface area contributed by atoms with Crippen molar-refractivity contribution in [1.82, 2.24) is 24.5 Å². The van der Waals surface area contributed by atoms with Gasteiger partial charge in [0.2, 0.25) is 0 Å². The van der Waals surface area contributed by atoms with Crippen molar-refractivity contribution in [2.45, 2.75) is 13.0 Å². The molecule has 0 saturated carbocycles. The molecule has 0 aliphatic rings. The minimum atomic E-state index is -0.543. The minimum absolute atomic E-state index is 0.0832. The van der Waals surface area contributed by atoms with Gasteiger partial charge in [-0.25, -0.2) is 9.50 Å². The SMILES string of the molecule is C[C@H](NC(=O)c1c(N)nn2cccnc12)c1cc2cccc(-c3ccccc3)c2c(=O)n1-c1ccccc1. The van der Waals surface area contributed by atoms with Crippen molar-refractivity contribution in [3.05, 3.63) is 125 Å². The van der Waals surface area contributed by atoms with Crippen LogP contribution in [0, 0.1) is 0 Å². The van der Waals surface area contributed by atoms with E-state index < -0.39 is 11.9 Å². The molecule has 38 heavy (non-hydrogen) atoms. The van der Waals surface area contributed by atoms with Crippen LogP contribution in [0.2, 0.25) is 0 Å². The van der Waals surface area contributed by atoms with E-state index in [0.29, 0.717) is 22.4 Å². The third-order valence-electron chi connectivity index (χ3n) is 6.62. The maximum atomic E-state index is 14.2. The molecule has 6 aromatic rings. The van der Waals surface area contributed by atoms with Crippen molar-refractivity contribution in [1.29, 1.82) is 0 Å². The van der Waals surface area contributed by atoms with Crippen LogP contribution >= 0.6 is 0 Å². The Labute approximate surface area is 218 Å². The Kier molecular flexibility index (Phi) is 5.69. The van der Waals surface area contributed by atoms with Gasteiger partial charge in [0.15, 0.2) is 11.5 Å².